The summed E-state index contributed by atoms with van der Waals surface area (Å²) in [6.45, 7) is 11.3. The molecule has 0 unspecified atom stereocenters. The minimum atomic E-state index is -0.124. The fourth-order valence-corrected chi connectivity index (χ4v) is 3.13. The molecule has 0 radical (unpaired) electrons. The fraction of sp³-hybridized carbons (Fsp3) is 0.304. The molecule has 2 aromatic carbocycles. The molecule has 1 heterocycles. The number of amides is 1. The third kappa shape index (κ3) is 4.42. The molecule has 1 N–H and O–H groups in total. The maximum absolute atomic E-state index is 11.7. The zero-order valence-corrected chi connectivity index (χ0v) is 16.8. The first-order chi connectivity index (χ1) is 13.5. The standard InChI is InChI=1S/C23H27N3O2/c1-16(2)23(27)24-13-12-22-25-19-9-5-6-10-20(19)26(22)14-15-28-21-11-7-8-17(3)18(21)4/h5-11H,1,12-15H2,2-4H3,(H,24,27). The molecule has 3 aromatic rings. The summed E-state index contributed by atoms with van der Waals surface area (Å²) in [6, 6.07) is 14.2. The van der Waals surface area contributed by atoms with Gasteiger partial charge in [-0.25, -0.2) is 4.98 Å². The summed E-state index contributed by atoms with van der Waals surface area (Å²) in [7, 11) is 0. The molecule has 0 aliphatic carbocycles. The van der Waals surface area contributed by atoms with Gasteiger partial charge >= 0.3 is 0 Å². The summed E-state index contributed by atoms with van der Waals surface area (Å²) in [4.78, 5) is 16.5. The Morgan fingerprint density at radius 3 is 2.75 bits per heavy atom. The Hall–Kier alpha value is -3.08. The van der Waals surface area contributed by atoms with Gasteiger partial charge in [0.1, 0.15) is 18.2 Å². The van der Waals surface area contributed by atoms with Crippen LogP contribution >= 0.6 is 0 Å². The van der Waals surface area contributed by atoms with Crippen molar-refractivity contribution in [3.05, 3.63) is 71.6 Å². The van der Waals surface area contributed by atoms with E-state index in [2.05, 4.69) is 42.4 Å². The van der Waals surface area contributed by atoms with Gasteiger partial charge in [-0.2, -0.15) is 0 Å². The molecule has 0 spiro atoms. The molecule has 3 rings (SSSR count). The first-order valence-corrected chi connectivity index (χ1v) is 9.54. The molecule has 0 aliphatic heterocycles. The van der Waals surface area contributed by atoms with E-state index in [4.69, 9.17) is 9.72 Å². The van der Waals surface area contributed by atoms with Gasteiger partial charge in [0.05, 0.1) is 17.6 Å². The average molecular weight is 377 g/mol. The highest BCUT2D eigenvalue weighted by Crippen LogP contribution is 2.21. The molecule has 0 aliphatic rings. The number of hydrogen-bond donors (Lipinski definition) is 1. The van der Waals surface area contributed by atoms with Gasteiger partial charge < -0.3 is 14.6 Å². The number of imidazole rings is 1. The van der Waals surface area contributed by atoms with E-state index in [-0.39, 0.29) is 5.91 Å². The molecule has 0 bridgehead atoms. The van der Waals surface area contributed by atoms with Crippen LogP contribution in [0.3, 0.4) is 0 Å². The molecule has 5 nitrogen and oxygen atoms in total. The van der Waals surface area contributed by atoms with Gasteiger partial charge in [0, 0.05) is 18.5 Å². The summed E-state index contributed by atoms with van der Waals surface area (Å²) < 4.78 is 8.21. The van der Waals surface area contributed by atoms with Crippen LogP contribution in [-0.4, -0.2) is 28.6 Å². The zero-order chi connectivity index (χ0) is 20.1. The highest BCUT2D eigenvalue weighted by molar-refractivity contribution is 5.92. The Morgan fingerprint density at radius 1 is 1.18 bits per heavy atom. The number of hydrogen-bond acceptors (Lipinski definition) is 3. The van der Waals surface area contributed by atoms with Gasteiger partial charge in [-0.3, -0.25) is 4.79 Å². The Morgan fingerprint density at radius 2 is 1.96 bits per heavy atom. The Kier molecular flexibility index (Phi) is 6.14. The third-order valence-electron chi connectivity index (χ3n) is 4.88. The number of carbonyl (C=O) groups excluding carboxylic acids is 1. The molecule has 5 heteroatoms. The summed E-state index contributed by atoms with van der Waals surface area (Å²) in [5.74, 6) is 1.73. The first kappa shape index (κ1) is 19.7. The lowest BCUT2D eigenvalue weighted by Crippen LogP contribution is -2.27. The molecule has 0 saturated carbocycles. The summed E-state index contributed by atoms with van der Waals surface area (Å²) in [5.41, 5.74) is 4.93. The highest BCUT2D eigenvalue weighted by Gasteiger charge is 2.11. The number of nitrogens with zero attached hydrogens (tertiary/aromatic N) is 2. The van der Waals surface area contributed by atoms with Gasteiger partial charge in [-0.05, 0) is 50.1 Å². The average Bonchev–Trinajstić information content (AvgIpc) is 3.02. The van der Waals surface area contributed by atoms with Crippen molar-refractivity contribution in [2.45, 2.75) is 33.7 Å². The SMILES string of the molecule is C=C(C)C(=O)NCCc1nc2ccccc2n1CCOc1cccc(C)c1C. The van der Waals surface area contributed by atoms with Gasteiger partial charge in [-0.1, -0.05) is 30.8 Å². The summed E-state index contributed by atoms with van der Waals surface area (Å²) >= 11 is 0. The highest BCUT2D eigenvalue weighted by atomic mass is 16.5. The molecular formula is C23H27N3O2. The number of para-hydroxylation sites is 2. The molecule has 28 heavy (non-hydrogen) atoms. The van der Waals surface area contributed by atoms with E-state index >= 15 is 0 Å². The Balaban J connectivity index is 1.72. The first-order valence-electron chi connectivity index (χ1n) is 9.54. The molecule has 0 saturated heterocycles. The van der Waals surface area contributed by atoms with Crippen molar-refractivity contribution < 1.29 is 9.53 Å². The summed E-state index contributed by atoms with van der Waals surface area (Å²) in [5, 5.41) is 2.87. The normalized spacial score (nSPS) is 10.8. The lowest BCUT2D eigenvalue weighted by atomic mass is 10.1. The number of benzene rings is 2. The van der Waals surface area contributed by atoms with E-state index in [1.165, 1.54) is 11.1 Å². The third-order valence-corrected chi connectivity index (χ3v) is 4.88. The minimum Gasteiger partial charge on any atom is -0.491 e. The second kappa shape index (κ2) is 8.74. The van der Waals surface area contributed by atoms with Crippen molar-refractivity contribution in [2.75, 3.05) is 13.2 Å². The van der Waals surface area contributed by atoms with Crippen LogP contribution in [0, 0.1) is 13.8 Å². The number of aryl methyl sites for hydroxylation is 1. The molecule has 1 aromatic heterocycles. The van der Waals surface area contributed by atoms with Crippen LogP contribution in [0.25, 0.3) is 11.0 Å². The number of nitrogens with one attached hydrogen (secondary N) is 1. The lowest BCUT2D eigenvalue weighted by Gasteiger charge is -2.13. The Labute approximate surface area is 166 Å². The van der Waals surface area contributed by atoms with Crippen LogP contribution in [-0.2, 0) is 17.8 Å². The van der Waals surface area contributed by atoms with Crippen molar-refractivity contribution in [1.82, 2.24) is 14.9 Å². The molecule has 0 atom stereocenters. The number of carbonyl (C=O) groups is 1. The van der Waals surface area contributed by atoms with Crippen LogP contribution in [0.5, 0.6) is 5.75 Å². The zero-order valence-electron chi connectivity index (χ0n) is 16.8. The minimum absolute atomic E-state index is 0.124. The quantitative estimate of drug-likeness (QED) is 0.605. The smallest absolute Gasteiger partial charge is 0.246 e. The monoisotopic (exact) mass is 377 g/mol. The van der Waals surface area contributed by atoms with Gasteiger partial charge in [0.25, 0.3) is 0 Å². The van der Waals surface area contributed by atoms with E-state index in [1.807, 2.05) is 30.3 Å². The van der Waals surface area contributed by atoms with Crippen molar-refractivity contribution in [3.63, 3.8) is 0 Å². The number of ether oxygens (including phenoxy) is 1. The lowest BCUT2D eigenvalue weighted by molar-refractivity contribution is -0.117. The van der Waals surface area contributed by atoms with Gasteiger partial charge in [0.15, 0.2) is 0 Å². The number of rotatable bonds is 8. The van der Waals surface area contributed by atoms with E-state index in [0.29, 0.717) is 31.7 Å². The second-order valence-corrected chi connectivity index (χ2v) is 7.00. The topological polar surface area (TPSA) is 56.2 Å². The van der Waals surface area contributed by atoms with E-state index < -0.39 is 0 Å². The maximum Gasteiger partial charge on any atom is 0.246 e. The molecule has 0 fully saturated rings. The van der Waals surface area contributed by atoms with Crippen LogP contribution in [0.2, 0.25) is 0 Å². The number of aromatic nitrogens is 2. The Bertz CT molecular complexity index is 1000. The second-order valence-electron chi connectivity index (χ2n) is 7.00. The fourth-order valence-electron chi connectivity index (χ4n) is 3.13. The summed E-state index contributed by atoms with van der Waals surface area (Å²) in [6.07, 6.45) is 0.650. The van der Waals surface area contributed by atoms with E-state index in [9.17, 15) is 4.79 Å². The largest absolute Gasteiger partial charge is 0.491 e. The maximum atomic E-state index is 11.7. The van der Waals surface area contributed by atoms with Crippen LogP contribution < -0.4 is 10.1 Å². The molecule has 1 amide bonds. The van der Waals surface area contributed by atoms with Crippen LogP contribution in [0.1, 0.15) is 23.9 Å². The number of fused-ring (bicyclic) bond motifs is 1. The van der Waals surface area contributed by atoms with E-state index in [0.717, 1.165) is 22.6 Å². The molecule has 146 valence electrons. The van der Waals surface area contributed by atoms with Crippen LogP contribution in [0.15, 0.2) is 54.6 Å². The van der Waals surface area contributed by atoms with Crippen molar-refractivity contribution in [3.8, 4) is 5.75 Å². The van der Waals surface area contributed by atoms with Crippen molar-refractivity contribution >= 4 is 16.9 Å². The van der Waals surface area contributed by atoms with Gasteiger partial charge in [0.2, 0.25) is 5.91 Å². The van der Waals surface area contributed by atoms with Crippen LogP contribution in [0.4, 0.5) is 0 Å². The predicted octanol–water partition coefficient (Wildman–Crippen LogP) is 3.97. The van der Waals surface area contributed by atoms with E-state index in [1.54, 1.807) is 6.92 Å². The predicted molar refractivity (Wildman–Crippen MR) is 113 cm³/mol. The molecular weight excluding hydrogens is 350 g/mol. The van der Waals surface area contributed by atoms with Crippen molar-refractivity contribution in [1.29, 1.82) is 0 Å². The van der Waals surface area contributed by atoms with Crippen molar-refractivity contribution in [2.24, 2.45) is 0 Å². The van der Waals surface area contributed by atoms with Gasteiger partial charge in [-0.15, -0.1) is 0 Å².